The lowest BCUT2D eigenvalue weighted by Crippen LogP contribution is -2.12. The smallest absolute Gasteiger partial charge is 0.324 e. The molecule has 2 heterocycles. The van der Waals surface area contributed by atoms with Gasteiger partial charge in [0.1, 0.15) is 0 Å². The molecule has 1 aromatic carbocycles. The highest BCUT2D eigenvalue weighted by atomic mass is 32.2. The van der Waals surface area contributed by atoms with Gasteiger partial charge in [-0.05, 0) is 16.5 Å². The minimum atomic E-state index is -0.385. The minimum Gasteiger partial charge on any atom is -0.335 e. The van der Waals surface area contributed by atoms with Gasteiger partial charge in [0, 0.05) is 22.8 Å². The number of rotatable bonds is 5. The number of nitrogen functional groups attached to an aromatic ring is 1. The van der Waals surface area contributed by atoms with Crippen LogP contribution in [0.5, 0.6) is 0 Å². The topological polar surface area (TPSA) is 99.9 Å². The Morgan fingerprint density at radius 3 is 2.54 bits per heavy atom. The van der Waals surface area contributed by atoms with Crippen LogP contribution in [0, 0.1) is 10.1 Å². The fraction of sp³-hybridized carbons (Fsp3) is 0.294. The second kappa shape index (κ2) is 7.08. The largest absolute Gasteiger partial charge is 0.335 e. The number of hydrogen-bond donors (Lipinski definition) is 1. The Morgan fingerprint density at radius 2 is 1.96 bits per heavy atom. The first-order valence-corrected chi connectivity index (χ1v) is 9.78. The second-order valence-corrected chi connectivity index (χ2v) is 8.67. The van der Waals surface area contributed by atoms with E-state index in [1.54, 1.807) is 11.4 Å². The normalized spacial score (nSPS) is 11.7. The molecule has 0 spiro atoms. The quantitative estimate of drug-likeness (QED) is 0.303. The fourth-order valence-electron chi connectivity index (χ4n) is 2.37. The molecule has 3 aromatic rings. The van der Waals surface area contributed by atoms with Crippen molar-refractivity contribution in [2.45, 2.75) is 37.1 Å². The van der Waals surface area contributed by atoms with Crippen LogP contribution >= 0.6 is 23.1 Å². The van der Waals surface area contributed by atoms with E-state index in [4.69, 9.17) is 5.84 Å². The minimum absolute atomic E-state index is 0.0824. The number of hydrogen-bond acceptors (Lipinski definition) is 7. The highest BCUT2D eigenvalue weighted by Gasteiger charge is 2.16. The van der Waals surface area contributed by atoms with Gasteiger partial charge in [-0.15, -0.1) is 10.2 Å². The van der Waals surface area contributed by atoms with Gasteiger partial charge in [-0.1, -0.05) is 68.1 Å². The molecule has 0 aliphatic heterocycles. The molecular formula is C17H19N5O2S2. The summed E-state index contributed by atoms with van der Waals surface area (Å²) in [5, 5.41) is 21.5. The molecule has 0 saturated carbocycles. The van der Waals surface area contributed by atoms with Crippen LogP contribution in [-0.4, -0.2) is 19.8 Å². The van der Waals surface area contributed by atoms with Crippen molar-refractivity contribution in [1.82, 2.24) is 14.9 Å². The summed E-state index contributed by atoms with van der Waals surface area (Å²) >= 11 is 2.51. The van der Waals surface area contributed by atoms with E-state index in [1.165, 1.54) is 22.0 Å². The summed E-state index contributed by atoms with van der Waals surface area (Å²) in [5.41, 5.74) is 3.08. The third-order valence-electron chi connectivity index (χ3n) is 3.86. The molecule has 7 nitrogen and oxygen atoms in total. The summed E-state index contributed by atoms with van der Waals surface area (Å²) in [7, 11) is 0. The Kier molecular flexibility index (Phi) is 5.01. The summed E-state index contributed by atoms with van der Waals surface area (Å²) in [6.07, 6.45) is 0. The summed E-state index contributed by atoms with van der Waals surface area (Å²) in [6, 6.07) is 9.69. The van der Waals surface area contributed by atoms with Gasteiger partial charge in [0.15, 0.2) is 5.82 Å². The first-order chi connectivity index (χ1) is 12.3. The molecule has 2 aromatic heterocycles. The van der Waals surface area contributed by atoms with E-state index < -0.39 is 0 Å². The second-order valence-electron chi connectivity index (χ2n) is 6.84. The zero-order valence-electron chi connectivity index (χ0n) is 14.7. The van der Waals surface area contributed by atoms with Gasteiger partial charge in [0.2, 0.25) is 5.16 Å². The molecule has 0 unspecified atom stereocenters. The summed E-state index contributed by atoms with van der Waals surface area (Å²) < 4.78 is 1.46. The van der Waals surface area contributed by atoms with E-state index in [1.807, 2.05) is 12.1 Å². The molecule has 0 atom stereocenters. The van der Waals surface area contributed by atoms with Crippen molar-refractivity contribution in [3.63, 3.8) is 0 Å². The Labute approximate surface area is 159 Å². The van der Waals surface area contributed by atoms with Crippen molar-refractivity contribution in [3.8, 4) is 11.4 Å². The first-order valence-electron chi connectivity index (χ1n) is 7.91. The first kappa shape index (κ1) is 18.4. The summed E-state index contributed by atoms with van der Waals surface area (Å²) in [4.78, 5) is 10.4. The zero-order valence-corrected chi connectivity index (χ0v) is 16.3. The Balaban J connectivity index is 1.74. The Bertz CT molecular complexity index is 926. The predicted octanol–water partition coefficient (Wildman–Crippen LogP) is 4.22. The van der Waals surface area contributed by atoms with Crippen molar-refractivity contribution < 1.29 is 4.92 Å². The Morgan fingerprint density at radius 1 is 1.27 bits per heavy atom. The van der Waals surface area contributed by atoms with Crippen molar-refractivity contribution in [2.75, 3.05) is 5.84 Å². The van der Waals surface area contributed by atoms with E-state index in [0.717, 1.165) is 22.5 Å². The monoisotopic (exact) mass is 389 g/mol. The van der Waals surface area contributed by atoms with Crippen LogP contribution in [0.1, 0.15) is 31.9 Å². The number of nitrogens with two attached hydrogens (primary N) is 1. The maximum absolute atomic E-state index is 10.8. The van der Waals surface area contributed by atoms with E-state index >= 15 is 0 Å². The van der Waals surface area contributed by atoms with Crippen LogP contribution in [0.15, 0.2) is 40.9 Å². The fourth-order valence-corrected chi connectivity index (χ4v) is 3.99. The summed E-state index contributed by atoms with van der Waals surface area (Å²) in [5.74, 6) is 7.27. The van der Waals surface area contributed by atoms with Crippen LogP contribution < -0.4 is 5.84 Å². The lowest BCUT2D eigenvalue weighted by atomic mass is 9.87. The molecular weight excluding hydrogens is 370 g/mol. The van der Waals surface area contributed by atoms with Gasteiger partial charge in [-0.25, -0.2) is 4.68 Å². The third-order valence-corrected chi connectivity index (χ3v) is 5.80. The molecule has 136 valence electrons. The van der Waals surface area contributed by atoms with E-state index in [2.05, 4.69) is 43.1 Å². The third kappa shape index (κ3) is 3.88. The van der Waals surface area contributed by atoms with Gasteiger partial charge in [0.05, 0.1) is 4.92 Å². The molecule has 0 saturated heterocycles. The van der Waals surface area contributed by atoms with Gasteiger partial charge in [-0.2, -0.15) is 0 Å². The van der Waals surface area contributed by atoms with Crippen LogP contribution in [-0.2, 0) is 11.2 Å². The average Bonchev–Trinajstić information content (AvgIpc) is 3.19. The number of aromatic nitrogens is 3. The molecule has 0 radical (unpaired) electrons. The van der Waals surface area contributed by atoms with E-state index in [9.17, 15) is 10.1 Å². The van der Waals surface area contributed by atoms with Gasteiger partial charge in [0.25, 0.3) is 0 Å². The standard InChI is InChI=1S/C17H19N5O2S2/c1-17(2,3)13-6-4-12(5-7-13)15-19-20-16(21(15)18)26-10-11-8-14(22(23)24)25-9-11/h4-9H,10,18H2,1-3H3. The number of thiophene rings is 1. The number of nitrogens with zero attached hydrogens (tertiary/aromatic N) is 4. The highest BCUT2D eigenvalue weighted by Crippen LogP contribution is 2.30. The molecule has 0 fully saturated rings. The maximum Gasteiger partial charge on any atom is 0.324 e. The molecule has 3 rings (SSSR count). The summed E-state index contributed by atoms with van der Waals surface area (Å²) in [6.45, 7) is 6.49. The predicted molar refractivity (Wildman–Crippen MR) is 105 cm³/mol. The van der Waals surface area contributed by atoms with Gasteiger partial charge >= 0.3 is 5.00 Å². The van der Waals surface area contributed by atoms with Crippen molar-refractivity contribution in [2.24, 2.45) is 0 Å². The van der Waals surface area contributed by atoms with Crippen LogP contribution in [0.25, 0.3) is 11.4 Å². The molecule has 0 amide bonds. The average molecular weight is 390 g/mol. The highest BCUT2D eigenvalue weighted by molar-refractivity contribution is 7.98. The zero-order chi connectivity index (χ0) is 18.9. The van der Waals surface area contributed by atoms with Crippen LogP contribution in [0.3, 0.4) is 0 Å². The van der Waals surface area contributed by atoms with E-state index in [0.29, 0.717) is 16.7 Å². The molecule has 0 aliphatic rings. The molecule has 9 heteroatoms. The Hall–Kier alpha value is -2.39. The van der Waals surface area contributed by atoms with E-state index in [-0.39, 0.29) is 15.3 Å². The van der Waals surface area contributed by atoms with Crippen molar-refractivity contribution >= 4 is 28.1 Å². The lowest BCUT2D eigenvalue weighted by molar-refractivity contribution is -0.380. The van der Waals surface area contributed by atoms with Crippen molar-refractivity contribution in [1.29, 1.82) is 0 Å². The number of thioether (sulfide) groups is 1. The lowest BCUT2D eigenvalue weighted by Gasteiger charge is -2.19. The van der Waals surface area contributed by atoms with Crippen LogP contribution in [0.4, 0.5) is 5.00 Å². The van der Waals surface area contributed by atoms with Crippen LogP contribution in [0.2, 0.25) is 0 Å². The molecule has 26 heavy (non-hydrogen) atoms. The molecule has 0 aliphatic carbocycles. The van der Waals surface area contributed by atoms with Gasteiger partial charge in [-0.3, -0.25) is 10.1 Å². The molecule has 2 N–H and O–H groups in total. The number of benzene rings is 1. The SMILES string of the molecule is CC(C)(C)c1ccc(-c2nnc(SCc3csc([N+](=O)[O-])c3)n2N)cc1. The maximum atomic E-state index is 10.8. The van der Waals surface area contributed by atoms with Crippen molar-refractivity contribution in [3.05, 3.63) is 57.0 Å². The number of nitro groups is 1. The molecule has 0 bridgehead atoms. The van der Waals surface area contributed by atoms with Gasteiger partial charge < -0.3 is 5.84 Å².